The number of nitrogens with two attached hydrogens (primary N) is 1. The second-order valence-corrected chi connectivity index (χ2v) is 8.15. The van der Waals surface area contributed by atoms with Gasteiger partial charge in [0.15, 0.2) is 29.9 Å². The van der Waals surface area contributed by atoms with Crippen LogP contribution in [0.1, 0.15) is 23.7 Å². The number of hydrogen-bond acceptors (Lipinski definition) is 13. The Kier molecular flexibility index (Phi) is 6.41. The number of aliphatic hydroxyl groups is 2. The number of tetrazole rings is 1. The molecule has 0 bridgehead atoms. The summed E-state index contributed by atoms with van der Waals surface area (Å²) >= 11 is 0. The minimum absolute atomic E-state index is 0.0900. The van der Waals surface area contributed by atoms with E-state index in [-0.39, 0.29) is 42.0 Å². The first kappa shape index (κ1) is 23.5. The number of carbonyl (C=O) groups is 1. The molecular formula is C21H24N10O5. The molecule has 0 saturated carbocycles. The van der Waals surface area contributed by atoms with Crippen molar-refractivity contribution in [2.45, 2.75) is 31.0 Å². The van der Waals surface area contributed by atoms with Gasteiger partial charge in [0.1, 0.15) is 18.4 Å². The maximum atomic E-state index is 11.1. The summed E-state index contributed by atoms with van der Waals surface area (Å²) in [6.07, 6.45) is -2.43. The van der Waals surface area contributed by atoms with Gasteiger partial charge in [-0.3, -0.25) is 9.36 Å². The number of carbonyl (C=O) groups excluding carboxylic acids is 1. The molecule has 0 unspecified atom stereocenters. The average Bonchev–Trinajstić information content (AvgIpc) is 3.58. The molecule has 3 aromatic heterocycles. The molecule has 188 valence electrons. The fourth-order valence-electron chi connectivity index (χ4n) is 4.11. The lowest BCUT2D eigenvalue weighted by Crippen LogP contribution is -2.32. The van der Waals surface area contributed by atoms with E-state index in [1.54, 1.807) is 11.9 Å². The quantitative estimate of drug-likeness (QED) is 0.191. The Balaban J connectivity index is 1.47. The van der Waals surface area contributed by atoms with Crippen LogP contribution in [-0.2, 0) is 27.7 Å². The lowest BCUT2D eigenvalue weighted by atomic mass is 10.1. The maximum absolute atomic E-state index is 11.1. The van der Waals surface area contributed by atoms with E-state index in [2.05, 4.69) is 30.4 Å². The number of benzene rings is 1. The van der Waals surface area contributed by atoms with Crippen LogP contribution in [0.4, 0.5) is 11.8 Å². The highest BCUT2D eigenvalue weighted by Gasteiger charge is 2.49. The summed E-state index contributed by atoms with van der Waals surface area (Å²) in [5.41, 5.74) is 7.79. The molecule has 1 aliphatic heterocycles. The second kappa shape index (κ2) is 9.80. The molecule has 15 heteroatoms. The molecule has 4 heterocycles. The van der Waals surface area contributed by atoms with Gasteiger partial charge in [-0.1, -0.05) is 30.3 Å². The zero-order valence-corrected chi connectivity index (χ0v) is 19.2. The topological polar surface area (TPSA) is 192 Å². The van der Waals surface area contributed by atoms with Gasteiger partial charge in [0.25, 0.3) is 6.47 Å². The number of aromatic nitrogens is 8. The minimum Gasteiger partial charge on any atom is -0.458 e. The molecule has 0 amide bonds. The molecule has 15 nitrogen and oxygen atoms in total. The highest BCUT2D eigenvalue weighted by atomic mass is 16.6. The zero-order valence-electron chi connectivity index (χ0n) is 19.2. The number of aryl methyl sites for hydroxylation is 1. The van der Waals surface area contributed by atoms with Crippen molar-refractivity contribution in [3.8, 4) is 0 Å². The lowest BCUT2D eigenvalue weighted by molar-refractivity contribution is -0.140. The van der Waals surface area contributed by atoms with Gasteiger partial charge in [-0.15, -0.1) is 10.2 Å². The van der Waals surface area contributed by atoms with Crippen LogP contribution in [0, 0.1) is 0 Å². The van der Waals surface area contributed by atoms with Crippen LogP contribution in [0.25, 0.3) is 11.2 Å². The first-order valence-electron chi connectivity index (χ1n) is 11.1. The summed E-state index contributed by atoms with van der Waals surface area (Å²) in [5, 5.41) is 32.8. The van der Waals surface area contributed by atoms with Gasteiger partial charge < -0.3 is 30.3 Å². The third-order valence-electron chi connectivity index (χ3n) is 5.88. The molecule has 5 rings (SSSR count). The SMILES string of the molecule is Cn1nnc([C@H]2O[C@@H](n3cnc4c(N)nc(N(CO)CCc5ccccc5)nc43)[C@H](O)[C@@H]2OC=O)n1. The van der Waals surface area contributed by atoms with E-state index in [0.29, 0.717) is 13.0 Å². The number of imidazole rings is 1. The summed E-state index contributed by atoms with van der Waals surface area (Å²) in [7, 11) is 1.57. The highest BCUT2D eigenvalue weighted by molar-refractivity contribution is 5.83. The summed E-state index contributed by atoms with van der Waals surface area (Å²) in [5.74, 6) is 0.408. The largest absolute Gasteiger partial charge is 0.458 e. The summed E-state index contributed by atoms with van der Waals surface area (Å²) < 4.78 is 12.6. The van der Waals surface area contributed by atoms with Crippen LogP contribution >= 0.6 is 0 Å². The van der Waals surface area contributed by atoms with Crippen molar-refractivity contribution in [2.75, 3.05) is 23.9 Å². The van der Waals surface area contributed by atoms with Crippen molar-refractivity contribution in [3.63, 3.8) is 0 Å². The lowest BCUT2D eigenvalue weighted by Gasteiger charge is -2.21. The van der Waals surface area contributed by atoms with E-state index in [1.165, 1.54) is 15.7 Å². The van der Waals surface area contributed by atoms with E-state index < -0.39 is 24.5 Å². The molecule has 36 heavy (non-hydrogen) atoms. The molecule has 1 aromatic carbocycles. The van der Waals surface area contributed by atoms with Gasteiger partial charge in [-0.25, -0.2) is 4.98 Å². The van der Waals surface area contributed by atoms with E-state index in [4.69, 9.17) is 15.2 Å². The Hall–Kier alpha value is -4.21. The van der Waals surface area contributed by atoms with Crippen LogP contribution in [0.15, 0.2) is 36.7 Å². The van der Waals surface area contributed by atoms with Crippen molar-refractivity contribution < 1.29 is 24.5 Å². The molecule has 1 fully saturated rings. The third-order valence-corrected chi connectivity index (χ3v) is 5.88. The van der Waals surface area contributed by atoms with E-state index >= 15 is 0 Å². The van der Waals surface area contributed by atoms with Crippen molar-refractivity contribution in [1.82, 2.24) is 39.7 Å². The van der Waals surface area contributed by atoms with Crippen molar-refractivity contribution in [1.29, 1.82) is 0 Å². The number of aliphatic hydroxyl groups excluding tert-OH is 2. The summed E-state index contributed by atoms with van der Waals surface area (Å²) in [6, 6.07) is 9.79. The minimum atomic E-state index is -1.31. The monoisotopic (exact) mass is 496 g/mol. The van der Waals surface area contributed by atoms with E-state index in [1.807, 2.05) is 30.3 Å². The number of fused-ring (bicyclic) bond motifs is 1. The second-order valence-electron chi connectivity index (χ2n) is 8.15. The predicted octanol–water partition coefficient (Wildman–Crippen LogP) is -0.896. The number of nitrogen functional groups attached to an aromatic ring is 1. The summed E-state index contributed by atoms with van der Waals surface area (Å²) in [4.78, 5) is 27.0. The Bertz CT molecular complexity index is 1350. The molecule has 4 N–H and O–H groups in total. The van der Waals surface area contributed by atoms with Gasteiger partial charge in [0.05, 0.1) is 13.4 Å². The van der Waals surface area contributed by atoms with Crippen molar-refractivity contribution >= 4 is 29.4 Å². The van der Waals surface area contributed by atoms with E-state index in [0.717, 1.165) is 5.56 Å². The van der Waals surface area contributed by atoms with Gasteiger partial charge >= 0.3 is 0 Å². The van der Waals surface area contributed by atoms with Gasteiger partial charge in [0, 0.05) is 6.54 Å². The number of anilines is 2. The maximum Gasteiger partial charge on any atom is 0.293 e. The van der Waals surface area contributed by atoms with Crippen LogP contribution in [0.2, 0.25) is 0 Å². The molecule has 0 aliphatic carbocycles. The smallest absolute Gasteiger partial charge is 0.293 e. The Labute approximate surface area is 204 Å². The van der Waals surface area contributed by atoms with Crippen LogP contribution in [0.3, 0.4) is 0 Å². The number of nitrogens with zero attached hydrogens (tertiary/aromatic N) is 9. The van der Waals surface area contributed by atoms with Crippen LogP contribution in [0.5, 0.6) is 0 Å². The zero-order chi connectivity index (χ0) is 25.2. The Morgan fingerprint density at radius 3 is 2.78 bits per heavy atom. The van der Waals surface area contributed by atoms with Gasteiger partial charge in [0.2, 0.25) is 11.8 Å². The molecule has 4 atom stereocenters. The number of rotatable bonds is 9. The predicted molar refractivity (Wildman–Crippen MR) is 123 cm³/mol. The fourth-order valence-corrected chi connectivity index (χ4v) is 4.11. The summed E-state index contributed by atoms with van der Waals surface area (Å²) in [6.45, 7) is 0.307. The first-order chi connectivity index (χ1) is 17.5. The Morgan fingerprint density at radius 1 is 1.28 bits per heavy atom. The van der Waals surface area contributed by atoms with Crippen molar-refractivity contribution in [3.05, 3.63) is 48.0 Å². The normalized spacial score (nSPS) is 21.6. The third kappa shape index (κ3) is 4.30. The van der Waals surface area contributed by atoms with Crippen molar-refractivity contribution in [2.24, 2.45) is 7.05 Å². The van der Waals surface area contributed by atoms with Crippen LogP contribution in [-0.4, -0.2) is 81.9 Å². The fraction of sp³-hybridized carbons (Fsp3) is 0.381. The number of hydrogen-bond donors (Lipinski definition) is 3. The number of ether oxygens (including phenoxy) is 2. The molecule has 0 radical (unpaired) electrons. The first-order valence-corrected chi connectivity index (χ1v) is 11.1. The van der Waals surface area contributed by atoms with Crippen LogP contribution < -0.4 is 10.6 Å². The highest BCUT2D eigenvalue weighted by Crippen LogP contribution is 2.40. The molecule has 1 aliphatic rings. The molecule has 4 aromatic rings. The molecule has 0 spiro atoms. The Morgan fingerprint density at radius 2 is 2.08 bits per heavy atom. The molecular weight excluding hydrogens is 472 g/mol. The van der Waals surface area contributed by atoms with Gasteiger partial charge in [-0.2, -0.15) is 14.8 Å². The van der Waals surface area contributed by atoms with Gasteiger partial charge in [-0.05, 0) is 17.2 Å². The average molecular weight is 496 g/mol. The standard InChI is InChI=1S/C21H24N10O5/c1-29-27-18(26-28-29)16-15(35-11-33)14(34)20(36-16)31-9-23-13-17(22)24-21(25-19(13)31)30(10-32)8-7-12-5-3-2-4-6-12/h2-6,9,11,14-16,20,32,34H,7-8,10H2,1H3,(H2,22,24,25)/t14-,15+,16+,20-/m1/s1. The molecule has 1 saturated heterocycles. The van der Waals surface area contributed by atoms with E-state index in [9.17, 15) is 15.0 Å².